The molecule has 0 atom stereocenters. The van der Waals surface area contributed by atoms with Crippen molar-refractivity contribution >= 4 is 0 Å². The predicted octanol–water partition coefficient (Wildman–Crippen LogP) is 4.76. The van der Waals surface area contributed by atoms with Crippen molar-refractivity contribution in [2.75, 3.05) is 13.2 Å². The molecule has 0 radical (unpaired) electrons. The van der Waals surface area contributed by atoms with Crippen molar-refractivity contribution in [2.45, 2.75) is 61.3 Å². The molecule has 0 saturated heterocycles. The molecule has 0 aromatic heterocycles. The molecule has 0 fully saturated rings. The summed E-state index contributed by atoms with van der Waals surface area (Å²) in [6.07, 6.45) is 2.39. The summed E-state index contributed by atoms with van der Waals surface area (Å²) < 4.78 is 5.46. The van der Waals surface area contributed by atoms with Crippen LogP contribution in [0.1, 0.15) is 61.3 Å². The van der Waals surface area contributed by atoms with Gasteiger partial charge in [-0.2, -0.15) is 0 Å². The molecular formula is C14H32O. The molecule has 0 unspecified atom stereocenters. The zero-order valence-electron chi connectivity index (χ0n) is 12.0. The van der Waals surface area contributed by atoms with Gasteiger partial charge in [0.2, 0.25) is 0 Å². The fourth-order valence-corrected chi connectivity index (χ4v) is 0.740. The Kier molecular flexibility index (Phi) is 13.9. The van der Waals surface area contributed by atoms with E-state index in [4.69, 9.17) is 4.74 Å². The van der Waals surface area contributed by atoms with Gasteiger partial charge in [0, 0.05) is 13.2 Å². The third-order valence-corrected chi connectivity index (χ3v) is 1.68. The molecule has 0 heterocycles. The van der Waals surface area contributed by atoms with Gasteiger partial charge in [-0.15, -0.1) is 0 Å². The average molecular weight is 216 g/mol. The Labute approximate surface area is 97.6 Å². The van der Waals surface area contributed by atoms with E-state index in [1.54, 1.807) is 0 Å². The normalized spacial score (nSPS) is 10.8. The summed E-state index contributed by atoms with van der Waals surface area (Å²) in [5.41, 5.74) is 0. The minimum absolute atomic E-state index is 0.772. The second kappa shape index (κ2) is 12.0. The quantitative estimate of drug-likeness (QED) is 0.582. The van der Waals surface area contributed by atoms with Crippen molar-refractivity contribution in [2.24, 2.45) is 17.8 Å². The average Bonchev–Trinajstić information content (AvgIpc) is 2.01. The first-order valence-corrected chi connectivity index (χ1v) is 6.44. The van der Waals surface area contributed by atoms with Crippen molar-refractivity contribution in [1.29, 1.82) is 0 Å². The van der Waals surface area contributed by atoms with Crippen LogP contribution in [0.2, 0.25) is 0 Å². The lowest BCUT2D eigenvalue weighted by Crippen LogP contribution is -2.02. The van der Waals surface area contributed by atoms with Crippen molar-refractivity contribution in [1.82, 2.24) is 0 Å². The van der Waals surface area contributed by atoms with Crippen LogP contribution in [0.5, 0.6) is 0 Å². The van der Waals surface area contributed by atoms with Crippen LogP contribution in [0, 0.1) is 17.8 Å². The highest BCUT2D eigenvalue weighted by molar-refractivity contribution is 4.45. The fourth-order valence-electron chi connectivity index (χ4n) is 0.740. The minimum atomic E-state index is 0.772. The van der Waals surface area contributed by atoms with Gasteiger partial charge in [0.05, 0.1) is 0 Å². The highest BCUT2D eigenvalue weighted by Crippen LogP contribution is 2.02. The zero-order chi connectivity index (χ0) is 12.3. The van der Waals surface area contributed by atoms with Gasteiger partial charge in [-0.05, 0) is 30.6 Å². The minimum Gasteiger partial charge on any atom is -0.381 e. The second-order valence-electron chi connectivity index (χ2n) is 5.71. The van der Waals surface area contributed by atoms with Gasteiger partial charge in [0.1, 0.15) is 0 Å². The van der Waals surface area contributed by atoms with Crippen molar-refractivity contribution in [3.8, 4) is 0 Å². The van der Waals surface area contributed by atoms with Gasteiger partial charge < -0.3 is 4.74 Å². The molecule has 0 bridgehead atoms. The predicted molar refractivity (Wildman–Crippen MR) is 70.2 cm³/mol. The van der Waals surface area contributed by atoms with Crippen LogP contribution in [-0.2, 0) is 4.74 Å². The first-order valence-electron chi connectivity index (χ1n) is 6.44. The lowest BCUT2D eigenvalue weighted by atomic mass is 10.1. The number of hydrogen-bond acceptors (Lipinski definition) is 1. The molecule has 0 saturated carbocycles. The van der Waals surface area contributed by atoms with E-state index in [0.717, 1.165) is 31.0 Å². The van der Waals surface area contributed by atoms with E-state index < -0.39 is 0 Å². The number of hydrogen-bond donors (Lipinski definition) is 0. The standard InChI is InChI=1S/C10H22O.C4H10/c1-9(2)5-7-11-8-6-10(3)4;1-4(2)3/h9-10H,5-8H2,1-4H3;4H,1-3H3. The summed E-state index contributed by atoms with van der Waals surface area (Å²) in [6, 6.07) is 0. The van der Waals surface area contributed by atoms with Crippen LogP contribution in [0.4, 0.5) is 0 Å². The number of ether oxygens (including phenoxy) is 1. The van der Waals surface area contributed by atoms with Gasteiger partial charge in [0.15, 0.2) is 0 Å². The maximum atomic E-state index is 5.46. The molecule has 0 aliphatic heterocycles. The van der Waals surface area contributed by atoms with E-state index in [-0.39, 0.29) is 0 Å². The van der Waals surface area contributed by atoms with Gasteiger partial charge in [-0.1, -0.05) is 48.5 Å². The van der Waals surface area contributed by atoms with Gasteiger partial charge in [-0.3, -0.25) is 0 Å². The molecule has 0 amide bonds. The summed E-state index contributed by atoms with van der Waals surface area (Å²) in [7, 11) is 0. The second-order valence-corrected chi connectivity index (χ2v) is 5.71. The molecule has 1 heteroatoms. The topological polar surface area (TPSA) is 9.23 Å². The van der Waals surface area contributed by atoms with Crippen molar-refractivity contribution < 1.29 is 4.74 Å². The molecule has 94 valence electrons. The van der Waals surface area contributed by atoms with Crippen LogP contribution >= 0.6 is 0 Å². The monoisotopic (exact) mass is 216 g/mol. The Hall–Kier alpha value is -0.0400. The molecule has 0 spiro atoms. The summed E-state index contributed by atoms with van der Waals surface area (Å²) in [6.45, 7) is 17.3. The van der Waals surface area contributed by atoms with Crippen molar-refractivity contribution in [3.05, 3.63) is 0 Å². The first kappa shape index (κ1) is 17.4. The summed E-state index contributed by atoms with van der Waals surface area (Å²) >= 11 is 0. The van der Waals surface area contributed by atoms with Crippen LogP contribution in [-0.4, -0.2) is 13.2 Å². The molecule has 0 aromatic carbocycles. The van der Waals surface area contributed by atoms with E-state index in [1.807, 2.05) is 0 Å². The largest absolute Gasteiger partial charge is 0.381 e. The summed E-state index contributed by atoms with van der Waals surface area (Å²) in [5.74, 6) is 2.38. The Bertz CT molecular complexity index is 93.2. The fraction of sp³-hybridized carbons (Fsp3) is 1.00. The van der Waals surface area contributed by atoms with E-state index in [9.17, 15) is 0 Å². The third-order valence-electron chi connectivity index (χ3n) is 1.68. The Morgan fingerprint density at radius 1 is 0.667 bits per heavy atom. The van der Waals surface area contributed by atoms with E-state index >= 15 is 0 Å². The lowest BCUT2D eigenvalue weighted by molar-refractivity contribution is 0.114. The Morgan fingerprint density at radius 2 is 0.933 bits per heavy atom. The van der Waals surface area contributed by atoms with Crippen LogP contribution in [0.25, 0.3) is 0 Å². The Balaban J connectivity index is 0. The highest BCUT2D eigenvalue weighted by Gasteiger charge is 1.95. The molecule has 0 aliphatic carbocycles. The zero-order valence-corrected chi connectivity index (χ0v) is 12.0. The maximum Gasteiger partial charge on any atom is 0.0468 e. The van der Waals surface area contributed by atoms with Gasteiger partial charge in [-0.25, -0.2) is 0 Å². The van der Waals surface area contributed by atoms with Crippen LogP contribution in [0.3, 0.4) is 0 Å². The molecule has 0 rings (SSSR count). The molecule has 0 N–H and O–H groups in total. The Morgan fingerprint density at radius 3 is 1.13 bits per heavy atom. The van der Waals surface area contributed by atoms with Crippen molar-refractivity contribution in [3.63, 3.8) is 0 Å². The van der Waals surface area contributed by atoms with Gasteiger partial charge in [0.25, 0.3) is 0 Å². The molecule has 1 nitrogen and oxygen atoms in total. The number of rotatable bonds is 6. The molecule has 15 heavy (non-hydrogen) atoms. The van der Waals surface area contributed by atoms with Crippen LogP contribution in [0.15, 0.2) is 0 Å². The first-order chi connectivity index (χ1) is 6.86. The summed E-state index contributed by atoms with van der Waals surface area (Å²) in [5, 5.41) is 0. The van der Waals surface area contributed by atoms with E-state index in [2.05, 4.69) is 48.5 Å². The molecular weight excluding hydrogens is 184 g/mol. The molecule has 0 aliphatic rings. The van der Waals surface area contributed by atoms with E-state index in [1.165, 1.54) is 12.8 Å². The van der Waals surface area contributed by atoms with Crippen LogP contribution < -0.4 is 0 Å². The lowest BCUT2D eigenvalue weighted by Gasteiger charge is -2.07. The third kappa shape index (κ3) is 31.5. The van der Waals surface area contributed by atoms with E-state index in [0.29, 0.717) is 0 Å². The SMILES string of the molecule is CC(C)C.CC(C)CCOCCC(C)C. The maximum absolute atomic E-state index is 5.46. The highest BCUT2D eigenvalue weighted by atomic mass is 16.5. The summed E-state index contributed by atoms with van der Waals surface area (Å²) in [4.78, 5) is 0. The van der Waals surface area contributed by atoms with Gasteiger partial charge >= 0.3 is 0 Å². The smallest absolute Gasteiger partial charge is 0.0468 e. The molecule has 0 aromatic rings.